The summed E-state index contributed by atoms with van der Waals surface area (Å²) in [6.45, 7) is 6.89. The van der Waals surface area contributed by atoms with Crippen LogP contribution in [-0.2, 0) is 11.3 Å². The third-order valence-electron chi connectivity index (χ3n) is 7.06. The number of allylic oxidation sites excluding steroid dienone is 1. The fraction of sp³-hybridized carbons (Fsp3) is 0.556. The number of aliphatic hydroxyl groups is 1. The van der Waals surface area contributed by atoms with Gasteiger partial charge in [0, 0.05) is 40.5 Å². The van der Waals surface area contributed by atoms with Crippen molar-refractivity contribution in [2.45, 2.75) is 64.8 Å². The summed E-state index contributed by atoms with van der Waals surface area (Å²) in [4.78, 5) is 18.6. The molecule has 39 heavy (non-hydrogen) atoms. The lowest BCUT2D eigenvalue weighted by molar-refractivity contribution is -0.181. The van der Waals surface area contributed by atoms with Gasteiger partial charge in [0.05, 0.1) is 36.8 Å². The number of halogens is 6. The van der Waals surface area contributed by atoms with Gasteiger partial charge in [-0.2, -0.15) is 26.3 Å². The molecule has 1 saturated carbocycles. The Morgan fingerprint density at radius 2 is 1.87 bits per heavy atom. The van der Waals surface area contributed by atoms with Crippen molar-refractivity contribution < 1.29 is 36.2 Å². The first-order valence-corrected chi connectivity index (χ1v) is 12.6. The van der Waals surface area contributed by atoms with Crippen LogP contribution in [0.3, 0.4) is 0 Å². The topological polar surface area (TPSA) is 80.1 Å². The van der Waals surface area contributed by atoms with Crippen LogP contribution in [-0.4, -0.2) is 51.8 Å². The van der Waals surface area contributed by atoms with E-state index in [2.05, 4.69) is 16.5 Å². The molecule has 216 valence electrons. The molecule has 4 rings (SSSR count). The molecule has 2 aromatic rings. The zero-order valence-electron chi connectivity index (χ0n) is 21.9. The van der Waals surface area contributed by atoms with E-state index in [9.17, 15) is 36.2 Å². The van der Waals surface area contributed by atoms with E-state index in [1.54, 1.807) is 11.5 Å². The summed E-state index contributed by atoms with van der Waals surface area (Å²) in [6, 6.07) is 1.17. The first-order chi connectivity index (χ1) is 18.2. The van der Waals surface area contributed by atoms with Crippen molar-refractivity contribution in [2.75, 3.05) is 19.8 Å². The maximum atomic E-state index is 13.7. The number of alkyl halides is 6. The maximum absolute atomic E-state index is 13.7. The Labute approximate surface area is 221 Å². The van der Waals surface area contributed by atoms with Gasteiger partial charge >= 0.3 is 12.4 Å². The van der Waals surface area contributed by atoms with Crippen LogP contribution in [0.15, 0.2) is 29.7 Å². The van der Waals surface area contributed by atoms with Crippen LogP contribution in [0.1, 0.15) is 44.9 Å². The predicted molar refractivity (Wildman–Crippen MR) is 135 cm³/mol. The minimum absolute atomic E-state index is 0.0665. The van der Waals surface area contributed by atoms with Crippen LogP contribution in [0.25, 0.3) is 22.9 Å². The van der Waals surface area contributed by atoms with Gasteiger partial charge in [-0.25, -0.2) is 4.98 Å². The second kappa shape index (κ2) is 12.1. The molecule has 0 radical (unpaired) electrons. The zero-order valence-corrected chi connectivity index (χ0v) is 21.9. The van der Waals surface area contributed by atoms with Gasteiger partial charge in [-0.1, -0.05) is 31.9 Å². The SMILES string of the molecule is C=C/C=c1\c(=C(/C)C(F)(F)F)c(-c2cc(=O)[nH]c(C)n2)cn1CC1(CO)COC1.FC(F)(F)C1CCCCC1. The number of aromatic amines is 1. The molecule has 2 aromatic heterocycles. The molecule has 3 heterocycles. The highest BCUT2D eigenvalue weighted by atomic mass is 19.4. The van der Waals surface area contributed by atoms with Gasteiger partial charge in [-0.15, -0.1) is 0 Å². The molecule has 0 bridgehead atoms. The van der Waals surface area contributed by atoms with Crippen LogP contribution in [0.2, 0.25) is 0 Å². The number of aryl methyl sites for hydroxylation is 1. The number of H-pyrrole nitrogens is 1. The summed E-state index contributed by atoms with van der Waals surface area (Å²) < 4.78 is 83.7. The fourth-order valence-electron chi connectivity index (χ4n) is 4.86. The predicted octanol–water partition coefficient (Wildman–Crippen LogP) is 4.38. The molecule has 1 aliphatic carbocycles. The van der Waals surface area contributed by atoms with Gasteiger partial charge in [-0.05, 0) is 32.8 Å². The highest BCUT2D eigenvalue weighted by Gasteiger charge is 2.40. The third-order valence-corrected chi connectivity index (χ3v) is 7.06. The van der Waals surface area contributed by atoms with Crippen molar-refractivity contribution >= 4 is 11.6 Å². The third kappa shape index (κ3) is 7.42. The number of aliphatic hydroxyl groups excluding tert-OH is 1. The molecule has 0 aromatic carbocycles. The molecule has 1 aliphatic heterocycles. The average Bonchev–Trinajstić information content (AvgIpc) is 3.18. The summed E-state index contributed by atoms with van der Waals surface area (Å²) in [5, 5.41) is 9.97. The Morgan fingerprint density at radius 3 is 2.31 bits per heavy atom. The molecule has 2 N–H and O–H groups in total. The van der Waals surface area contributed by atoms with E-state index < -0.39 is 34.8 Å². The molecular formula is C27H33F6N3O3. The molecule has 2 aliphatic rings. The minimum atomic E-state index is -4.57. The Kier molecular flexibility index (Phi) is 9.53. The van der Waals surface area contributed by atoms with Crippen molar-refractivity contribution in [2.24, 2.45) is 11.3 Å². The second-order valence-electron chi connectivity index (χ2n) is 10.2. The average molecular weight is 562 g/mol. The van der Waals surface area contributed by atoms with E-state index in [4.69, 9.17) is 4.74 Å². The van der Waals surface area contributed by atoms with Gasteiger partial charge in [0.15, 0.2) is 0 Å². The summed E-state index contributed by atoms with van der Waals surface area (Å²) in [7, 11) is 0. The normalized spacial score (nSPS) is 19.2. The van der Waals surface area contributed by atoms with Crippen molar-refractivity contribution in [3.8, 4) is 11.3 Å². The molecule has 0 spiro atoms. The molecule has 2 fully saturated rings. The fourth-order valence-corrected chi connectivity index (χ4v) is 4.86. The number of ether oxygens (including phenoxy) is 1. The van der Waals surface area contributed by atoms with E-state index in [0.717, 1.165) is 26.2 Å². The largest absolute Gasteiger partial charge is 0.413 e. The van der Waals surface area contributed by atoms with Gasteiger partial charge < -0.3 is 19.4 Å². The van der Waals surface area contributed by atoms with E-state index in [1.165, 1.54) is 24.4 Å². The van der Waals surface area contributed by atoms with E-state index in [0.29, 0.717) is 31.9 Å². The first-order valence-electron chi connectivity index (χ1n) is 12.6. The minimum Gasteiger partial charge on any atom is -0.396 e. The Morgan fingerprint density at radius 1 is 1.23 bits per heavy atom. The Balaban J connectivity index is 0.000000353. The number of rotatable bonds is 5. The van der Waals surface area contributed by atoms with E-state index in [-0.39, 0.29) is 35.0 Å². The zero-order chi connectivity index (χ0) is 29.0. The summed E-state index contributed by atoms with van der Waals surface area (Å²) in [5.41, 5.74) is -1.49. The molecular weight excluding hydrogens is 528 g/mol. The number of nitrogens with zero attached hydrogens (tertiary/aromatic N) is 2. The highest BCUT2D eigenvalue weighted by molar-refractivity contribution is 5.66. The molecule has 0 unspecified atom stereocenters. The molecule has 6 nitrogen and oxygen atoms in total. The van der Waals surface area contributed by atoms with Gasteiger partial charge in [-0.3, -0.25) is 4.79 Å². The van der Waals surface area contributed by atoms with E-state index >= 15 is 0 Å². The van der Waals surface area contributed by atoms with Crippen LogP contribution < -0.4 is 16.1 Å². The van der Waals surface area contributed by atoms with Gasteiger partial charge in [0.1, 0.15) is 5.82 Å². The molecule has 1 saturated heterocycles. The Hall–Kier alpha value is -2.86. The van der Waals surface area contributed by atoms with Crippen LogP contribution in [0, 0.1) is 18.3 Å². The van der Waals surface area contributed by atoms with Crippen LogP contribution in [0.4, 0.5) is 26.3 Å². The van der Waals surface area contributed by atoms with E-state index in [1.807, 2.05) is 0 Å². The van der Waals surface area contributed by atoms with Gasteiger partial charge in [0.25, 0.3) is 5.56 Å². The smallest absolute Gasteiger partial charge is 0.396 e. The highest BCUT2D eigenvalue weighted by Crippen LogP contribution is 2.37. The Bertz CT molecular complexity index is 1320. The van der Waals surface area contributed by atoms with Crippen LogP contribution >= 0.6 is 0 Å². The number of aromatic nitrogens is 3. The summed E-state index contributed by atoms with van der Waals surface area (Å²) in [6.07, 6.45) is -0.888. The molecule has 0 atom stereocenters. The first kappa shape index (κ1) is 30.7. The van der Waals surface area contributed by atoms with Crippen molar-refractivity contribution in [3.05, 3.63) is 51.7 Å². The van der Waals surface area contributed by atoms with Crippen molar-refractivity contribution in [1.29, 1.82) is 0 Å². The second-order valence-corrected chi connectivity index (χ2v) is 10.2. The summed E-state index contributed by atoms with van der Waals surface area (Å²) >= 11 is 0. The van der Waals surface area contributed by atoms with Crippen LogP contribution in [0.5, 0.6) is 0 Å². The number of hydrogen-bond donors (Lipinski definition) is 2. The van der Waals surface area contributed by atoms with Crippen molar-refractivity contribution in [1.82, 2.24) is 14.5 Å². The van der Waals surface area contributed by atoms with Crippen molar-refractivity contribution in [3.63, 3.8) is 0 Å². The maximum Gasteiger partial charge on any atom is 0.413 e. The number of hydrogen-bond acceptors (Lipinski definition) is 4. The lowest BCUT2D eigenvalue weighted by Gasteiger charge is -2.40. The molecule has 0 amide bonds. The summed E-state index contributed by atoms with van der Waals surface area (Å²) in [5.74, 6) is -0.703. The lowest BCUT2D eigenvalue weighted by Crippen LogP contribution is -2.50. The molecule has 12 heteroatoms. The van der Waals surface area contributed by atoms with Gasteiger partial charge in [0.2, 0.25) is 0 Å². The lowest BCUT2D eigenvalue weighted by atomic mass is 9.87. The standard InChI is InChI=1S/C20H22F3N3O3.C7H11F3/c1-4-5-16-18(12(2)20(21,22)23)14(15-6-17(28)25-13(3)24-15)7-26(16)8-19(9-27)10-29-11-19;8-7(9,10)6-4-2-1-3-5-6/h4-7,27H,1,8-11H2,2-3H3,(H,24,25,28);6H,1-5H2/b16-5+,18-12+;. The monoisotopic (exact) mass is 561 g/mol. The number of nitrogens with one attached hydrogen (secondary N) is 1. The quantitative estimate of drug-likeness (QED) is 0.531.